The number of hydrogen-bond acceptors (Lipinski definition) is 2. The summed E-state index contributed by atoms with van der Waals surface area (Å²) >= 11 is 0. The van der Waals surface area contributed by atoms with E-state index in [4.69, 9.17) is 0 Å². The Morgan fingerprint density at radius 1 is 1.40 bits per heavy atom. The van der Waals surface area contributed by atoms with Crippen LogP contribution in [0.1, 0.15) is 13.8 Å². The standard InChI is InChI=1S/C7H14N2.BrH/c1-4-9-6-5-8(3)7(9)2;/h5-7H,4H2,1-3H3;1H. The maximum Gasteiger partial charge on any atom is 0.0974 e. The Bertz CT molecular complexity index is 125. The molecule has 0 bridgehead atoms. The van der Waals surface area contributed by atoms with Gasteiger partial charge in [0.05, 0.1) is 6.17 Å². The van der Waals surface area contributed by atoms with E-state index in [0.717, 1.165) is 6.54 Å². The first-order chi connectivity index (χ1) is 4.25. The fraction of sp³-hybridized carbons (Fsp3) is 0.714. The van der Waals surface area contributed by atoms with E-state index in [0.29, 0.717) is 6.17 Å². The summed E-state index contributed by atoms with van der Waals surface area (Å²) in [5, 5.41) is 0. The highest BCUT2D eigenvalue weighted by atomic mass is 79.9. The van der Waals surface area contributed by atoms with E-state index in [-0.39, 0.29) is 17.0 Å². The van der Waals surface area contributed by atoms with Gasteiger partial charge >= 0.3 is 0 Å². The lowest BCUT2D eigenvalue weighted by Crippen LogP contribution is -2.33. The van der Waals surface area contributed by atoms with Gasteiger partial charge in [-0.3, -0.25) is 0 Å². The summed E-state index contributed by atoms with van der Waals surface area (Å²) in [6.07, 6.45) is 4.79. The Kier molecular flexibility index (Phi) is 3.79. The van der Waals surface area contributed by atoms with Crippen molar-refractivity contribution in [3.8, 4) is 0 Å². The lowest BCUT2D eigenvalue weighted by atomic mass is 10.5. The highest BCUT2D eigenvalue weighted by Gasteiger charge is 2.15. The first-order valence-corrected chi connectivity index (χ1v) is 3.41. The SMILES string of the molecule is Br.CCN1C=CN(C)C1C. The Morgan fingerprint density at radius 3 is 2.20 bits per heavy atom. The quantitative estimate of drug-likeness (QED) is 0.645. The van der Waals surface area contributed by atoms with Gasteiger partial charge in [0.15, 0.2) is 0 Å². The fourth-order valence-corrected chi connectivity index (χ4v) is 1.04. The van der Waals surface area contributed by atoms with E-state index in [1.807, 2.05) is 0 Å². The van der Waals surface area contributed by atoms with Gasteiger partial charge in [-0.15, -0.1) is 17.0 Å². The third kappa shape index (κ3) is 1.66. The first kappa shape index (κ1) is 9.82. The number of nitrogens with zero attached hydrogens (tertiary/aromatic N) is 2. The molecule has 3 heteroatoms. The number of halogens is 1. The van der Waals surface area contributed by atoms with Crippen LogP contribution in [0.25, 0.3) is 0 Å². The van der Waals surface area contributed by atoms with Crippen molar-refractivity contribution in [2.24, 2.45) is 0 Å². The summed E-state index contributed by atoms with van der Waals surface area (Å²) in [6, 6.07) is 0. The van der Waals surface area contributed by atoms with Crippen LogP contribution >= 0.6 is 17.0 Å². The minimum atomic E-state index is 0. The molecule has 1 unspecified atom stereocenters. The van der Waals surface area contributed by atoms with Crippen LogP contribution in [0.5, 0.6) is 0 Å². The van der Waals surface area contributed by atoms with Crippen LogP contribution in [-0.2, 0) is 0 Å². The van der Waals surface area contributed by atoms with Crippen molar-refractivity contribution in [3.63, 3.8) is 0 Å². The molecule has 2 nitrogen and oxygen atoms in total. The molecule has 1 heterocycles. The second-order valence-corrected chi connectivity index (χ2v) is 2.43. The van der Waals surface area contributed by atoms with Gasteiger partial charge in [-0.2, -0.15) is 0 Å². The van der Waals surface area contributed by atoms with Crippen molar-refractivity contribution in [2.75, 3.05) is 13.6 Å². The molecular weight excluding hydrogens is 192 g/mol. The third-order valence-electron chi connectivity index (χ3n) is 1.93. The summed E-state index contributed by atoms with van der Waals surface area (Å²) in [7, 11) is 2.09. The smallest absolute Gasteiger partial charge is 0.0974 e. The Hall–Kier alpha value is -0.180. The lowest BCUT2D eigenvalue weighted by molar-refractivity contribution is 0.203. The van der Waals surface area contributed by atoms with Crippen molar-refractivity contribution in [3.05, 3.63) is 12.4 Å². The molecule has 10 heavy (non-hydrogen) atoms. The van der Waals surface area contributed by atoms with Gasteiger partial charge in [0.2, 0.25) is 0 Å². The molecule has 60 valence electrons. The van der Waals surface area contributed by atoms with E-state index in [2.05, 4.69) is 43.1 Å². The maximum absolute atomic E-state index is 2.29. The molecule has 1 aliphatic rings. The van der Waals surface area contributed by atoms with Crippen LogP contribution in [-0.4, -0.2) is 29.6 Å². The van der Waals surface area contributed by atoms with E-state index < -0.39 is 0 Å². The van der Waals surface area contributed by atoms with Crippen LogP contribution in [0.4, 0.5) is 0 Å². The molecule has 0 aromatic carbocycles. The summed E-state index contributed by atoms with van der Waals surface area (Å²) < 4.78 is 0. The molecule has 0 spiro atoms. The molecule has 0 aromatic rings. The zero-order valence-electron chi connectivity index (χ0n) is 6.74. The molecular formula is C7H15BrN2. The summed E-state index contributed by atoms with van der Waals surface area (Å²) in [5.74, 6) is 0. The minimum absolute atomic E-state index is 0. The van der Waals surface area contributed by atoms with Crippen molar-refractivity contribution in [1.29, 1.82) is 0 Å². The van der Waals surface area contributed by atoms with Gasteiger partial charge in [0.1, 0.15) is 0 Å². The molecule has 0 N–H and O–H groups in total. The molecule has 0 saturated carbocycles. The monoisotopic (exact) mass is 206 g/mol. The molecule has 0 fully saturated rings. The number of rotatable bonds is 1. The molecule has 1 atom stereocenters. The van der Waals surface area contributed by atoms with Crippen LogP contribution in [0.15, 0.2) is 12.4 Å². The van der Waals surface area contributed by atoms with Crippen molar-refractivity contribution < 1.29 is 0 Å². The van der Waals surface area contributed by atoms with Gasteiger partial charge in [-0.05, 0) is 13.8 Å². The van der Waals surface area contributed by atoms with Crippen LogP contribution < -0.4 is 0 Å². The minimum Gasteiger partial charge on any atom is -0.359 e. The summed E-state index contributed by atoms with van der Waals surface area (Å²) in [4.78, 5) is 4.49. The van der Waals surface area contributed by atoms with Gasteiger partial charge in [-0.25, -0.2) is 0 Å². The normalized spacial score (nSPS) is 23.3. The first-order valence-electron chi connectivity index (χ1n) is 3.41. The molecule has 0 amide bonds. The van der Waals surface area contributed by atoms with E-state index in [9.17, 15) is 0 Å². The molecule has 1 rings (SSSR count). The molecule has 0 saturated heterocycles. The molecule has 0 aromatic heterocycles. The zero-order valence-corrected chi connectivity index (χ0v) is 8.45. The van der Waals surface area contributed by atoms with E-state index >= 15 is 0 Å². The van der Waals surface area contributed by atoms with Crippen molar-refractivity contribution >= 4 is 17.0 Å². The van der Waals surface area contributed by atoms with Crippen LogP contribution in [0.3, 0.4) is 0 Å². The molecule has 1 aliphatic heterocycles. The number of hydrogen-bond donors (Lipinski definition) is 0. The summed E-state index contributed by atoms with van der Waals surface area (Å²) in [6.45, 7) is 5.46. The van der Waals surface area contributed by atoms with Gasteiger partial charge in [0, 0.05) is 26.0 Å². The largest absolute Gasteiger partial charge is 0.359 e. The fourth-order valence-electron chi connectivity index (χ4n) is 1.04. The maximum atomic E-state index is 2.29. The van der Waals surface area contributed by atoms with Gasteiger partial charge < -0.3 is 9.80 Å². The van der Waals surface area contributed by atoms with E-state index in [1.54, 1.807) is 0 Å². The van der Waals surface area contributed by atoms with Crippen molar-refractivity contribution in [1.82, 2.24) is 9.80 Å². The third-order valence-corrected chi connectivity index (χ3v) is 1.93. The van der Waals surface area contributed by atoms with Crippen LogP contribution in [0, 0.1) is 0 Å². The van der Waals surface area contributed by atoms with Gasteiger partial charge in [0.25, 0.3) is 0 Å². The second-order valence-electron chi connectivity index (χ2n) is 2.43. The summed E-state index contributed by atoms with van der Waals surface area (Å²) in [5.41, 5.74) is 0. The van der Waals surface area contributed by atoms with Gasteiger partial charge in [-0.1, -0.05) is 0 Å². The van der Waals surface area contributed by atoms with Crippen LogP contribution in [0.2, 0.25) is 0 Å². The highest BCUT2D eigenvalue weighted by Crippen LogP contribution is 2.11. The van der Waals surface area contributed by atoms with Crippen molar-refractivity contribution in [2.45, 2.75) is 20.0 Å². The molecule has 0 radical (unpaired) electrons. The predicted octanol–water partition coefficient (Wildman–Crippen LogP) is 1.65. The Morgan fingerprint density at radius 2 is 2.00 bits per heavy atom. The molecule has 0 aliphatic carbocycles. The zero-order chi connectivity index (χ0) is 6.85. The average Bonchev–Trinajstić information content (AvgIpc) is 2.15. The lowest BCUT2D eigenvalue weighted by Gasteiger charge is -2.25. The predicted molar refractivity (Wildman–Crippen MR) is 49.1 cm³/mol. The Balaban J connectivity index is 0.000000810. The highest BCUT2D eigenvalue weighted by molar-refractivity contribution is 8.93. The van der Waals surface area contributed by atoms with E-state index in [1.165, 1.54) is 0 Å². The topological polar surface area (TPSA) is 6.48 Å². The Labute approximate surface area is 73.3 Å². The second kappa shape index (κ2) is 3.86. The average molecular weight is 207 g/mol.